The molecule has 0 unspecified atom stereocenters. The summed E-state index contributed by atoms with van der Waals surface area (Å²) >= 11 is 0. The van der Waals surface area contributed by atoms with E-state index in [2.05, 4.69) is 20.6 Å². The van der Waals surface area contributed by atoms with Crippen molar-refractivity contribution in [2.45, 2.75) is 26.1 Å². The quantitative estimate of drug-likeness (QED) is 0.717. The molecule has 0 spiro atoms. The minimum absolute atomic E-state index is 0.0472. The third-order valence-electron chi connectivity index (χ3n) is 3.70. The van der Waals surface area contributed by atoms with Crippen LogP contribution in [0.5, 0.6) is 0 Å². The molecule has 2 aromatic rings. The highest BCUT2D eigenvalue weighted by Gasteiger charge is 2.35. The van der Waals surface area contributed by atoms with Crippen LogP contribution in [-0.2, 0) is 17.4 Å². The predicted octanol–water partition coefficient (Wildman–Crippen LogP) is 2.28. The molecule has 0 atom stereocenters. The average Bonchev–Trinajstić information content (AvgIpc) is 2.92. The summed E-state index contributed by atoms with van der Waals surface area (Å²) < 4.78 is 44.2. The van der Waals surface area contributed by atoms with Gasteiger partial charge in [0.05, 0.1) is 6.61 Å². The molecule has 132 valence electrons. The third kappa shape index (κ3) is 3.85. The second kappa shape index (κ2) is 6.89. The van der Waals surface area contributed by atoms with Crippen molar-refractivity contribution in [1.29, 1.82) is 0 Å². The Labute approximate surface area is 142 Å². The second-order valence-corrected chi connectivity index (χ2v) is 5.58. The average molecular weight is 352 g/mol. The first-order chi connectivity index (χ1) is 11.9. The normalized spacial score (nSPS) is 13.7. The smallest absolute Gasteiger partial charge is 0.423 e. The van der Waals surface area contributed by atoms with E-state index in [1.807, 2.05) is 6.92 Å². The van der Waals surface area contributed by atoms with Crippen LogP contribution in [0.3, 0.4) is 0 Å². The monoisotopic (exact) mass is 352 g/mol. The Bertz CT molecular complexity index is 773. The number of aromatic nitrogens is 2. The molecule has 0 saturated heterocycles. The first-order valence-corrected chi connectivity index (χ1v) is 7.76. The fourth-order valence-electron chi connectivity index (χ4n) is 2.46. The number of rotatable bonds is 5. The molecule has 6 nitrogen and oxygen atoms in total. The summed E-state index contributed by atoms with van der Waals surface area (Å²) in [6.45, 7) is 2.48. The second-order valence-electron chi connectivity index (χ2n) is 5.58. The van der Waals surface area contributed by atoms with Gasteiger partial charge in [-0.25, -0.2) is 4.98 Å². The van der Waals surface area contributed by atoms with E-state index in [4.69, 9.17) is 4.65 Å². The molecular formula is C15H16BF3N4O2. The van der Waals surface area contributed by atoms with E-state index >= 15 is 0 Å². The number of hydrogen-bond acceptors (Lipinski definition) is 6. The molecule has 25 heavy (non-hydrogen) atoms. The molecule has 10 heteroatoms. The van der Waals surface area contributed by atoms with Crippen LogP contribution in [0.2, 0.25) is 0 Å². The Hall–Kier alpha value is -2.33. The molecule has 2 heterocycles. The predicted molar refractivity (Wildman–Crippen MR) is 87.9 cm³/mol. The molecule has 0 saturated carbocycles. The molecule has 1 aromatic heterocycles. The maximum atomic E-state index is 13.0. The van der Waals surface area contributed by atoms with Crippen LogP contribution in [0.15, 0.2) is 24.4 Å². The molecular weight excluding hydrogens is 336 g/mol. The van der Waals surface area contributed by atoms with Crippen molar-refractivity contribution in [3.8, 4) is 0 Å². The van der Waals surface area contributed by atoms with Crippen molar-refractivity contribution in [2.24, 2.45) is 0 Å². The van der Waals surface area contributed by atoms with Gasteiger partial charge in [-0.2, -0.15) is 18.2 Å². The number of hydrogen-bond donors (Lipinski definition) is 3. The minimum Gasteiger partial charge on any atom is -0.423 e. The van der Waals surface area contributed by atoms with Crippen molar-refractivity contribution < 1.29 is 22.8 Å². The zero-order valence-corrected chi connectivity index (χ0v) is 13.4. The van der Waals surface area contributed by atoms with Gasteiger partial charge in [0.1, 0.15) is 11.4 Å². The van der Waals surface area contributed by atoms with E-state index in [9.17, 15) is 18.2 Å². The molecule has 3 rings (SSSR count). The maximum Gasteiger partial charge on any atom is 0.491 e. The van der Waals surface area contributed by atoms with Gasteiger partial charge in [-0.05, 0) is 29.6 Å². The van der Waals surface area contributed by atoms with Gasteiger partial charge in [0.2, 0.25) is 5.95 Å². The van der Waals surface area contributed by atoms with Gasteiger partial charge < -0.3 is 20.3 Å². The Morgan fingerprint density at radius 2 is 2.16 bits per heavy atom. The molecule has 0 bridgehead atoms. The van der Waals surface area contributed by atoms with Crippen LogP contribution in [0.25, 0.3) is 0 Å². The van der Waals surface area contributed by atoms with Crippen LogP contribution < -0.4 is 16.1 Å². The number of anilines is 3. The van der Waals surface area contributed by atoms with Crippen molar-refractivity contribution >= 4 is 30.0 Å². The largest absolute Gasteiger partial charge is 0.491 e. The third-order valence-corrected chi connectivity index (χ3v) is 3.70. The van der Waals surface area contributed by atoms with Crippen LogP contribution in [-0.4, -0.2) is 28.7 Å². The summed E-state index contributed by atoms with van der Waals surface area (Å²) in [5.74, 6) is -0.210. The van der Waals surface area contributed by atoms with Gasteiger partial charge in [0.15, 0.2) is 0 Å². The molecule has 0 amide bonds. The first kappa shape index (κ1) is 17.5. The molecule has 3 N–H and O–H groups in total. The number of fused-ring (bicyclic) bond motifs is 1. The van der Waals surface area contributed by atoms with Crippen LogP contribution >= 0.6 is 0 Å². The molecule has 0 aliphatic carbocycles. The van der Waals surface area contributed by atoms with E-state index in [0.717, 1.165) is 11.8 Å². The summed E-state index contributed by atoms with van der Waals surface area (Å²) in [6, 6.07) is 5.11. The van der Waals surface area contributed by atoms with Crippen molar-refractivity contribution in [2.75, 3.05) is 17.2 Å². The lowest BCUT2D eigenvalue weighted by molar-refractivity contribution is -0.137. The van der Waals surface area contributed by atoms with Gasteiger partial charge >= 0.3 is 13.3 Å². The van der Waals surface area contributed by atoms with E-state index < -0.39 is 18.9 Å². The van der Waals surface area contributed by atoms with Gasteiger partial charge in [-0.15, -0.1) is 0 Å². The van der Waals surface area contributed by atoms with E-state index in [0.29, 0.717) is 24.1 Å². The van der Waals surface area contributed by atoms with Gasteiger partial charge in [-0.3, -0.25) is 0 Å². The zero-order chi connectivity index (χ0) is 18.0. The Morgan fingerprint density at radius 1 is 1.36 bits per heavy atom. The summed E-state index contributed by atoms with van der Waals surface area (Å²) in [7, 11) is -0.948. The number of nitrogens with zero attached hydrogens (tertiary/aromatic N) is 2. The summed E-state index contributed by atoms with van der Waals surface area (Å²) in [6.07, 6.45) is -3.11. The number of halogens is 3. The highest BCUT2D eigenvalue weighted by atomic mass is 19.4. The van der Waals surface area contributed by atoms with Crippen molar-refractivity contribution in [1.82, 2.24) is 9.97 Å². The minimum atomic E-state index is -4.53. The fourth-order valence-corrected chi connectivity index (χ4v) is 2.46. The first-order valence-electron chi connectivity index (χ1n) is 7.76. The molecule has 0 fully saturated rings. The molecule has 1 aromatic carbocycles. The highest BCUT2D eigenvalue weighted by molar-refractivity contribution is 6.61. The number of benzene rings is 1. The van der Waals surface area contributed by atoms with E-state index in [1.165, 1.54) is 0 Å². The maximum absolute atomic E-state index is 13.0. The lowest BCUT2D eigenvalue weighted by Crippen LogP contribution is -2.27. The standard InChI is InChI=1S/C15H16BF3N4O2/c1-2-5-20-13-11(15(17,18)19)7-21-14(23-13)22-10-3-4-12-9(6-10)8-25-16(12)24/h3-4,6-7,24H,2,5,8H2,1H3,(H2,20,21,22,23). The fraction of sp³-hybridized carbons (Fsp3) is 0.333. The van der Waals surface area contributed by atoms with Gasteiger partial charge in [-0.1, -0.05) is 13.0 Å². The van der Waals surface area contributed by atoms with Crippen LogP contribution in [0.4, 0.5) is 30.6 Å². The lowest BCUT2D eigenvalue weighted by atomic mass is 9.79. The summed E-state index contributed by atoms with van der Waals surface area (Å²) in [5, 5.41) is 15.2. The zero-order valence-electron chi connectivity index (χ0n) is 13.4. The van der Waals surface area contributed by atoms with Crippen LogP contribution in [0.1, 0.15) is 24.5 Å². The van der Waals surface area contributed by atoms with Crippen molar-refractivity contribution in [3.05, 3.63) is 35.5 Å². The Morgan fingerprint density at radius 3 is 2.88 bits per heavy atom. The number of alkyl halides is 3. The Kier molecular flexibility index (Phi) is 4.82. The summed E-state index contributed by atoms with van der Waals surface area (Å²) in [5.41, 5.74) is 1.16. The highest BCUT2D eigenvalue weighted by Crippen LogP contribution is 2.34. The Balaban J connectivity index is 1.85. The lowest BCUT2D eigenvalue weighted by Gasteiger charge is -2.14. The molecule has 1 aliphatic heterocycles. The van der Waals surface area contributed by atoms with Crippen LogP contribution in [0, 0.1) is 0 Å². The molecule has 0 radical (unpaired) electrons. The SMILES string of the molecule is CCCNc1nc(Nc2ccc3c(c2)COB3O)ncc1C(F)(F)F. The topological polar surface area (TPSA) is 79.3 Å². The van der Waals surface area contributed by atoms with Crippen molar-refractivity contribution in [3.63, 3.8) is 0 Å². The van der Waals surface area contributed by atoms with Gasteiger partial charge in [0.25, 0.3) is 0 Å². The van der Waals surface area contributed by atoms with E-state index in [1.54, 1.807) is 18.2 Å². The summed E-state index contributed by atoms with van der Waals surface area (Å²) in [4.78, 5) is 7.70. The molecule has 1 aliphatic rings. The van der Waals surface area contributed by atoms with E-state index in [-0.39, 0.29) is 18.4 Å². The number of nitrogens with one attached hydrogen (secondary N) is 2. The van der Waals surface area contributed by atoms with Gasteiger partial charge in [0, 0.05) is 18.4 Å².